The normalized spacial score (nSPS) is 12.4. The van der Waals surface area contributed by atoms with E-state index in [1.807, 2.05) is 0 Å². The summed E-state index contributed by atoms with van der Waals surface area (Å²) in [6, 6.07) is 119. The fourth-order valence-corrected chi connectivity index (χ4v) is 14.2. The van der Waals surface area contributed by atoms with Gasteiger partial charge in [0.15, 0.2) is 5.82 Å². The third-order valence-corrected chi connectivity index (χ3v) is 18.4. The number of hydrogen-bond acceptors (Lipinski definition) is 4. The number of nitrogens with zero attached hydrogens (tertiary/aromatic N) is 4. The number of rotatable bonds is 8. The summed E-state index contributed by atoms with van der Waals surface area (Å²) in [5, 5.41) is 10.6. The summed E-state index contributed by atoms with van der Waals surface area (Å²) in [4.78, 5) is 16.4. The van der Waals surface area contributed by atoms with Crippen LogP contribution in [0.1, 0.15) is 0 Å². The highest BCUT2D eigenvalue weighted by molar-refractivity contribution is 7.00. The molecule has 3 heterocycles. The molecule has 0 atom stereocenters. The first-order chi connectivity index (χ1) is 44.1. The van der Waals surface area contributed by atoms with Crippen LogP contribution in [-0.2, 0) is 0 Å². The first-order valence-electron chi connectivity index (χ1n) is 30.6. The van der Waals surface area contributed by atoms with Gasteiger partial charge < -0.3 is 9.80 Å². The molecule has 2 aliphatic heterocycles. The molecule has 0 saturated carbocycles. The Labute approximate surface area is 516 Å². The molecule has 0 N–H and O–H groups in total. The largest absolute Gasteiger partial charge is 0.311 e. The van der Waals surface area contributed by atoms with Gasteiger partial charge in [-0.3, -0.25) is 0 Å². The van der Waals surface area contributed by atoms with Gasteiger partial charge in [-0.15, -0.1) is 0 Å². The maximum Gasteiger partial charge on any atom is 0.252 e. The van der Waals surface area contributed by atoms with Crippen molar-refractivity contribution in [2.24, 2.45) is 0 Å². The van der Waals surface area contributed by atoms with Crippen molar-refractivity contribution in [1.29, 1.82) is 0 Å². The van der Waals surface area contributed by atoms with E-state index in [4.69, 9.17) is 9.97 Å². The Morgan fingerprint density at radius 2 is 0.584 bits per heavy atom. The van der Waals surface area contributed by atoms with E-state index in [1.165, 1.54) is 59.5 Å². The van der Waals surface area contributed by atoms with Gasteiger partial charge in [-0.1, -0.05) is 231 Å². The second kappa shape index (κ2) is 20.5. The highest BCUT2D eigenvalue weighted by Gasteiger charge is 2.45. The van der Waals surface area contributed by atoms with Crippen LogP contribution in [0.4, 0.5) is 34.1 Å². The second-order valence-corrected chi connectivity index (χ2v) is 23.7. The molecule has 5 heteroatoms. The smallest absolute Gasteiger partial charge is 0.252 e. The summed E-state index contributed by atoms with van der Waals surface area (Å²) >= 11 is 0. The highest BCUT2D eigenvalue weighted by atomic mass is 15.2. The van der Waals surface area contributed by atoms with E-state index >= 15 is 0 Å². The number of para-hydroxylation sites is 1. The van der Waals surface area contributed by atoms with Crippen LogP contribution in [0.2, 0.25) is 0 Å². The summed E-state index contributed by atoms with van der Waals surface area (Å²) < 4.78 is 0. The third-order valence-electron chi connectivity index (χ3n) is 18.4. The van der Waals surface area contributed by atoms with Crippen molar-refractivity contribution >= 4 is 111 Å². The van der Waals surface area contributed by atoms with Gasteiger partial charge in [0.25, 0.3) is 6.71 Å². The zero-order chi connectivity index (χ0) is 58.5. The molecule has 0 spiro atoms. The van der Waals surface area contributed by atoms with Gasteiger partial charge >= 0.3 is 0 Å². The number of fused-ring (bicyclic) bond motifs is 9. The third kappa shape index (κ3) is 8.61. The quantitative estimate of drug-likeness (QED) is 0.112. The molecule has 412 valence electrons. The molecular weight excluding hydrogens is 1080 g/mol. The molecule has 1 aromatic heterocycles. The van der Waals surface area contributed by atoms with E-state index in [0.29, 0.717) is 5.82 Å². The molecule has 2 aliphatic rings. The van der Waals surface area contributed by atoms with Crippen LogP contribution in [-0.4, -0.2) is 16.7 Å². The lowest BCUT2D eigenvalue weighted by atomic mass is 9.33. The lowest BCUT2D eigenvalue weighted by Gasteiger charge is -2.45. The number of aromatic nitrogens is 2. The van der Waals surface area contributed by atoms with E-state index in [0.717, 1.165) is 106 Å². The maximum atomic E-state index is 5.69. The molecular formula is C84H53BN4. The van der Waals surface area contributed by atoms with Crippen molar-refractivity contribution in [3.8, 4) is 67.2 Å². The van der Waals surface area contributed by atoms with Crippen molar-refractivity contribution in [3.05, 3.63) is 322 Å². The van der Waals surface area contributed by atoms with Crippen LogP contribution in [0, 0.1) is 0 Å². The topological polar surface area (TPSA) is 32.3 Å². The number of anilines is 6. The monoisotopic (exact) mass is 1130 g/mol. The van der Waals surface area contributed by atoms with Crippen molar-refractivity contribution in [2.45, 2.75) is 0 Å². The summed E-state index contributed by atoms with van der Waals surface area (Å²) in [5.41, 5.74) is 23.0. The Morgan fingerprint density at radius 3 is 0.989 bits per heavy atom. The van der Waals surface area contributed by atoms with Crippen LogP contribution < -0.4 is 26.2 Å². The van der Waals surface area contributed by atoms with Crippen LogP contribution in [0.25, 0.3) is 121 Å². The standard InChI is InChI=1S/C84H53BN4/c1-6-22-54(23-7-1)63-42-64(55-24-8-2-9-25-55)45-72(44-63)88-78-50-69-40-61-34-18-16-32-59(61)38-67(69)48-75(78)85-76-49-68-39-60-33-17-19-35-62(60)41-70(68)51-79(76)89(73-46-65(56-26-10-3-11-27-56)43-66(47-73)57-28-12-4-13-29-57)81-53-71(52-80(88)82(81)85)84-86-77-37-21-20-36-74(77)83(87-84)58-30-14-5-15-31-58/h1-53H. The Kier molecular flexibility index (Phi) is 11.7. The molecule has 18 rings (SSSR count). The van der Waals surface area contributed by atoms with Gasteiger partial charge in [-0.2, -0.15) is 0 Å². The van der Waals surface area contributed by atoms with E-state index < -0.39 is 0 Å². The van der Waals surface area contributed by atoms with Crippen LogP contribution >= 0.6 is 0 Å². The summed E-state index contributed by atoms with van der Waals surface area (Å²) in [6.45, 7) is -0.215. The molecule has 15 aromatic carbocycles. The molecule has 0 bridgehead atoms. The van der Waals surface area contributed by atoms with Gasteiger partial charge in [0.2, 0.25) is 0 Å². The average molecular weight is 1130 g/mol. The molecule has 0 unspecified atom stereocenters. The number of benzene rings is 15. The van der Waals surface area contributed by atoms with Gasteiger partial charge in [0, 0.05) is 50.6 Å². The molecule has 0 radical (unpaired) electrons. The molecule has 0 fully saturated rings. The SMILES string of the molecule is c1ccc(-c2cc(-c3ccccc3)cc(N3c4cc5cc6ccccc6cc5cc4B4c5cc6cc7ccccc7cc6cc5N(c5cc(-c6ccccc6)cc(-c6ccccc6)c5)c5cc(-c6nc(-c7ccccc7)c7ccccc7n6)cc3c54)c2)cc1. The fraction of sp³-hybridized carbons (Fsp3) is 0. The average Bonchev–Trinajstić information content (AvgIpc) is 0.780. The Hall–Kier alpha value is -11.7. The van der Waals surface area contributed by atoms with Crippen LogP contribution in [0.3, 0.4) is 0 Å². The summed E-state index contributed by atoms with van der Waals surface area (Å²) in [5.74, 6) is 0.649. The maximum absolute atomic E-state index is 5.69. The van der Waals surface area contributed by atoms with Crippen molar-refractivity contribution in [2.75, 3.05) is 9.80 Å². The van der Waals surface area contributed by atoms with E-state index in [-0.39, 0.29) is 6.71 Å². The van der Waals surface area contributed by atoms with Crippen molar-refractivity contribution in [1.82, 2.24) is 9.97 Å². The van der Waals surface area contributed by atoms with Crippen LogP contribution in [0.5, 0.6) is 0 Å². The molecule has 4 nitrogen and oxygen atoms in total. The van der Waals surface area contributed by atoms with Crippen molar-refractivity contribution < 1.29 is 0 Å². The van der Waals surface area contributed by atoms with E-state index in [9.17, 15) is 0 Å². The Morgan fingerprint density at radius 1 is 0.236 bits per heavy atom. The molecule has 16 aromatic rings. The minimum absolute atomic E-state index is 0.215. The Balaban J connectivity index is 1.01. The predicted octanol–water partition coefficient (Wildman–Crippen LogP) is 20.3. The molecule has 0 aliphatic carbocycles. The van der Waals surface area contributed by atoms with Crippen LogP contribution in [0.15, 0.2) is 322 Å². The lowest BCUT2D eigenvalue weighted by molar-refractivity contribution is 1.21. The zero-order valence-electron chi connectivity index (χ0n) is 48.5. The summed E-state index contributed by atoms with van der Waals surface area (Å²) in [7, 11) is 0. The molecule has 0 amide bonds. The van der Waals surface area contributed by atoms with Gasteiger partial charge in [0.1, 0.15) is 0 Å². The van der Waals surface area contributed by atoms with E-state index in [1.54, 1.807) is 0 Å². The Bertz CT molecular complexity index is 5110. The second-order valence-electron chi connectivity index (χ2n) is 23.7. The van der Waals surface area contributed by atoms with Gasteiger partial charge in [-0.05, 0) is 195 Å². The molecule has 0 saturated heterocycles. The fourth-order valence-electron chi connectivity index (χ4n) is 14.2. The van der Waals surface area contributed by atoms with Gasteiger partial charge in [-0.25, -0.2) is 9.97 Å². The minimum atomic E-state index is -0.215. The first kappa shape index (κ1) is 50.6. The number of hydrogen-bond donors (Lipinski definition) is 0. The molecule has 89 heavy (non-hydrogen) atoms. The lowest BCUT2D eigenvalue weighted by Crippen LogP contribution is -2.61. The van der Waals surface area contributed by atoms with Crippen molar-refractivity contribution in [3.63, 3.8) is 0 Å². The highest BCUT2D eigenvalue weighted by Crippen LogP contribution is 2.50. The van der Waals surface area contributed by atoms with Gasteiger partial charge in [0.05, 0.1) is 11.2 Å². The first-order valence-corrected chi connectivity index (χ1v) is 30.6. The summed E-state index contributed by atoms with van der Waals surface area (Å²) in [6.07, 6.45) is 0. The minimum Gasteiger partial charge on any atom is -0.311 e. The predicted molar refractivity (Wildman–Crippen MR) is 376 cm³/mol. The zero-order valence-corrected chi connectivity index (χ0v) is 48.5. The van der Waals surface area contributed by atoms with E-state index in [2.05, 4.69) is 331 Å².